The van der Waals surface area contributed by atoms with Crippen molar-refractivity contribution in [3.05, 3.63) is 58.9 Å². The number of anilines is 2. The zero-order chi connectivity index (χ0) is 13.6. The minimum atomic E-state index is -1.44. The highest BCUT2D eigenvalue weighted by molar-refractivity contribution is 5.60. The Morgan fingerprint density at radius 2 is 1.74 bits per heavy atom. The van der Waals surface area contributed by atoms with Gasteiger partial charge in [0.25, 0.3) is 0 Å². The first kappa shape index (κ1) is 11.9. The van der Waals surface area contributed by atoms with Crippen molar-refractivity contribution in [2.75, 3.05) is 10.6 Å². The fourth-order valence-corrected chi connectivity index (χ4v) is 2.38. The van der Waals surface area contributed by atoms with E-state index in [0.717, 1.165) is 17.2 Å². The van der Waals surface area contributed by atoms with Crippen LogP contribution in [-0.4, -0.2) is 0 Å². The highest BCUT2D eigenvalue weighted by Gasteiger charge is 2.25. The molecule has 2 nitrogen and oxygen atoms in total. The lowest BCUT2D eigenvalue weighted by Gasteiger charge is -2.18. The van der Waals surface area contributed by atoms with Gasteiger partial charge in [0, 0.05) is 18.8 Å². The van der Waals surface area contributed by atoms with Gasteiger partial charge in [-0.1, -0.05) is 12.1 Å². The number of nitrogens with zero attached hydrogens (tertiary/aromatic N) is 1. The van der Waals surface area contributed by atoms with Crippen LogP contribution in [0.4, 0.5) is 24.5 Å². The number of rotatable bonds is 1. The van der Waals surface area contributed by atoms with Crippen molar-refractivity contribution in [1.82, 2.24) is 0 Å². The summed E-state index contributed by atoms with van der Waals surface area (Å²) in [6.07, 6.45) is 0. The molecule has 3 rings (SSSR count). The van der Waals surface area contributed by atoms with Crippen LogP contribution in [0.3, 0.4) is 0 Å². The first-order valence-electron chi connectivity index (χ1n) is 5.82. The van der Waals surface area contributed by atoms with Gasteiger partial charge in [-0.2, -0.15) is 0 Å². The van der Waals surface area contributed by atoms with Crippen molar-refractivity contribution in [3.63, 3.8) is 0 Å². The fraction of sp³-hybridized carbons (Fsp3) is 0.143. The number of hydrogen-bond donors (Lipinski definition) is 1. The lowest BCUT2D eigenvalue weighted by Crippen LogP contribution is -2.17. The van der Waals surface area contributed by atoms with Crippen LogP contribution >= 0.6 is 0 Å². The molecule has 5 heteroatoms. The Morgan fingerprint density at radius 1 is 0.947 bits per heavy atom. The summed E-state index contributed by atoms with van der Waals surface area (Å²) in [5.41, 5.74) is 8.41. The topological polar surface area (TPSA) is 29.3 Å². The molecule has 0 saturated heterocycles. The van der Waals surface area contributed by atoms with Crippen LogP contribution in [0.2, 0.25) is 0 Å². The van der Waals surface area contributed by atoms with Crippen molar-refractivity contribution in [2.24, 2.45) is 0 Å². The second-order valence-corrected chi connectivity index (χ2v) is 4.54. The Hall–Kier alpha value is -2.17. The number of benzene rings is 2. The normalized spacial score (nSPS) is 13.7. The minimum Gasteiger partial charge on any atom is -0.398 e. The van der Waals surface area contributed by atoms with E-state index in [1.54, 1.807) is 11.0 Å². The van der Waals surface area contributed by atoms with Crippen LogP contribution in [0.25, 0.3) is 0 Å². The fourth-order valence-electron chi connectivity index (χ4n) is 2.38. The van der Waals surface area contributed by atoms with Gasteiger partial charge in [0.05, 0.1) is 5.69 Å². The van der Waals surface area contributed by atoms with E-state index in [1.165, 1.54) is 6.07 Å². The number of nitrogen functional groups attached to an aromatic ring is 1. The molecule has 19 heavy (non-hydrogen) atoms. The van der Waals surface area contributed by atoms with Crippen LogP contribution in [0, 0.1) is 17.5 Å². The summed E-state index contributed by atoms with van der Waals surface area (Å²) in [7, 11) is 0. The SMILES string of the molecule is Nc1cccc2c1CN(c1ccc(F)c(F)c1F)C2. The molecular weight excluding hydrogens is 253 g/mol. The van der Waals surface area contributed by atoms with Crippen molar-refractivity contribution in [1.29, 1.82) is 0 Å². The lowest BCUT2D eigenvalue weighted by atomic mass is 10.1. The monoisotopic (exact) mass is 264 g/mol. The summed E-state index contributed by atoms with van der Waals surface area (Å²) in [5.74, 6) is -3.79. The molecule has 2 aromatic rings. The molecule has 1 aliphatic heterocycles. The van der Waals surface area contributed by atoms with Gasteiger partial charge in [-0.3, -0.25) is 0 Å². The van der Waals surface area contributed by atoms with Crippen molar-refractivity contribution in [2.45, 2.75) is 13.1 Å². The lowest BCUT2D eigenvalue weighted by molar-refractivity contribution is 0.446. The van der Waals surface area contributed by atoms with Gasteiger partial charge < -0.3 is 10.6 Å². The van der Waals surface area contributed by atoms with E-state index in [1.807, 2.05) is 12.1 Å². The second-order valence-electron chi connectivity index (χ2n) is 4.54. The first-order valence-corrected chi connectivity index (χ1v) is 5.82. The van der Waals surface area contributed by atoms with Crippen LogP contribution < -0.4 is 10.6 Å². The largest absolute Gasteiger partial charge is 0.398 e. The average molecular weight is 264 g/mol. The molecule has 0 aliphatic carbocycles. The molecule has 0 spiro atoms. The van der Waals surface area contributed by atoms with Crippen LogP contribution in [0.5, 0.6) is 0 Å². The van der Waals surface area contributed by atoms with Gasteiger partial charge in [0.1, 0.15) is 0 Å². The maximum Gasteiger partial charge on any atom is 0.196 e. The molecule has 0 amide bonds. The van der Waals surface area contributed by atoms with Crippen molar-refractivity contribution < 1.29 is 13.2 Å². The van der Waals surface area contributed by atoms with Gasteiger partial charge in [0.2, 0.25) is 0 Å². The predicted octanol–water partition coefficient (Wildman–Crippen LogP) is 3.21. The summed E-state index contributed by atoms with van der Waals surface area (Å²) in [6.45, 7) is 0.826. The molecule has 0 bridgehead atoms. The Morgan fingerprint density at radius 3 is 2.47 bits per heavy atom. The minimum absolute atomic E-state index is 0.0505. The molecule has 0 radical (unpaired) electrons. The summed E-state index contributed by atoms with van der Waals surface area (Å²) >= 11 is 0. The Balaban J connectivity index is 2.00. The quantitative estimate of drug-likeness (QED) is 0.633. The zero-order valence-electron chi connectivity index (χ0n) is 9.96. The zero-order valence-corrected chi connectivity index (χ0v) is 9.96. The summed E-state index contributed by atoms with van der Waals surface area (Å²) in [6, 6.07) is 7.66. The first-order chi connectivity index (χ1) is 9.08. The van der Waals surface area contributed by atoms with E-state index in [2.05, 4.69) is 0 Å². The summed E-state index contributed by atoms with van der Waals surface area (Å²) in [4.78, 5) is 1.64. The highest BCUT2D eigenvalue weighted by Crippen LogP contribution is 2.33. The molecule has 0 atom stereocenters. The third kappa shape index (κ3) is 1.82. The maximum atomic E-state index is 13.8. The summed E-state index contributed by atoms with van der Waals surface area (Å²) in [5, 5.41) is 0. The van der Waals surface area contributed by atoms with Gasteiger partial charge in [0.15, 0.2) is 17.5 Å². The Labute approximate surface area is 108 Å². The van der Waals surface area contributed by atoms with E-state index in [-0.39, 0.29) is 5.69 Å². The van der Waals surface area contributed by atoms with Crippen LogP contribution in [-0.2, 0) is 13.1 Å². The van der Waals surface area contributed by atoms with Gasteiger partial charge in [-0.15, -0.1) is 0 Å². The molecule has 2 N–H and O–H groups in total. The number of halogens is 3. The number of nitrogens with two attached hydrogens (primary N) is 1. The second kappa shape index (κ2) is 4.19. The van der Waals surface area contributed by atoms with E-state index in [9.17, 15) is 13.2 Å². The van der Waals surface area contributed by atoms with E-state index in [4.69, 9.17) is 5.73 Å². The number of fused-ring (bicyclic) bond motifs is 1. The van der Waals surface area contributed by atoms with Gasteiger partial charge >= 0.3 is 0 Å². The summed E-state index contributed by atoms with van der Waals surface area (Å²) < 4.78 is 39.9. The van der Waals surface area contributed by atoms with Crippen molar-refractivity contribution >= 4 is 11.4 Å². The molecule has 0 saturated carbocycles. The van der Waals surface area contributed by atoms with E-state index >= 15 is 0 Å². The Kier molecular flexibility index (Phi) is 2.62. The molecular formula is C14H11F3N2. The maximum absolute atomic E-state index is 13.8. The highest BCUT2D eigenvalue weighted by atomic mass is 19.2. The third-order valence-corrected chi connectivity index (χ3v) is 3.37. The van der Waals surface area contributed by atoms with E-state index in [0.29, 0.717) is 18.8 Å². The van der Waals surface area contributed by atoms with Crippen LogP contribution in [0.15, 0.2) is 30.3 Å². The van der Waals surface area contributed by atoms with Gasteiger partial charge in [-0.05, 0) is 29.3 Å². The smallest absolute Gasteiger partial charge is 0.196 e. The predicted molar refractivity (Wildman–Crippen MR) is 67.1 cm³/mol. The Bertz CT molecular complexity index is 655. The molecule has 0 unspecified atom stereocenters. The molecule has 2 aromatic carbocycles. The van der Waals surface area contributed by atoms with Crippen molar-refractivity contribution in [3.8, 4) is 0 Å². The molecule has 0 aromatic heterocycles. The van der Waals surface area contributed by atoms with Crippen LogP contribution in [0.1, 0.15) is 11.1 Å². The average Bonchev–Trinajstić information content (AvgIpc) is 2.81. The van der Waals surface area contributed by atoms with E-state index < -0.39 is 17.5 Å². The molecule has 1 aliphatic rings. The molecule has 0 fully saturated rings. The number of hydrogen-bond acceptors (Lipinski definition) is 2. The standard InChI is InChI=1S/C14H11F3N2/c15-10-4-5-12(14(17)13(10)16)19-6-8-2-1-3-11(18)9(8)7-19/h1-5H,6-7,18H2. The third-order valence-electron chi connectivity index (χ3n) is 3.37. The molecule has 98 valence electrons. The van der Waals surface area contributed by atoms with Gasteiger partial charge in [-0.25, -0.2) is 13.2 Å². The molecule has 1 heterocycles.